The molecule has 1 aliphatic rings. The maximum Gasteiger partial charge on any atom is 0.247 e. The summed E-state index contributed by atoms with van der Waals surface area (Å²) in [7, 11) is 0. The van der Waals surface area contributed by atoms with Crippen molar-refractivity contribution >= 4 is 29.6 Å². The van der Waals surface area contributed by atoms with E-state index >= 15 is 0 Å². The molecular weight excluding hydrogens is 476 g/mol. The summed E-state index contributed by atoms with van der Waals surface area (Å²) in [5, 5.41) is 11.1. The van der Waals surface area contributed by atoms with Gasteiger partial charge in [0.25, 0.3) is 0 Å². The minimum Gasteiger partial charge on any atom is -0.370 e. The molecule has 204 valence electrons. The van der Waals surface area contributed by atoms with Gasteiger partial charge >= 0.3 is 0 Å². The first-order chi connectivity index (χ1) is 17.5. The number of nitrogens with one attached hydrogen (secondary N) is 4. The van der Waals surface area contributed by atoms with Gasteiger partial charge in [0.15, 0.2) is 5.96 Å². The Kier molecular flexibility index (Phi) is 11.3. The van der Waals surface area contributed by atoms with Gasteiger partial charge in [-0.25, -0.2) is 0 Å². The molecule has 4 atom stereocenters. The fourth-order valence-corrected chi connectivity index (χ4v) is 3.95. The molecule has 1 aromatic rings. The van der Waals surface area contributed by atoms with E-state index in [1.54, 1.807) is 38.1 Å². The summed E-state index contributed by atoms with van der Waals surface area (Å²) in [6.07, 6.45) is 2.43. The second-order valence-corrected chi connectivity index (χ2v) is 9.46. The van der Waals surface area contributed by atoms with E-state index in [0.717, 1.165) is 0 Å². The molecule has 0 aliphatic carbocycles. The molecule has 37 heavy (non-hydrogen) atoms. The van der Waals surface area contributed by atoms with Crippen LogP contribution < -0.4 is 38.5 Å². The van der Waals surface area contributed by atoms with Crippen LogP contribution in [0.1, 0.15) is 64.0 Å². The molecule has 4 amide bonds. The van der Waals surface area contributed by atoms with E-state index in [2.05, 4.69) is 26.3 Å². The zero-order valence-corrected chi connectivity index (χ0v) is 21.6. The van der Waals surface area contributed by atoms with E-state index in [9.17, 15) is 19.2 Å². The number of aliphatic imine (C=N–C) groups is 1. The minimum atomic E-state index is -1.23. The number of nitrogens with zero attached hydrogens (tertiary/aromatic N) is 1. The first-order valence-electron chi connectivity index (χ1n) is 12.6. The normalized spacial score (nSPS) is 26.3. The number of rotatable bonds is 6. The van der Waals surface area contributed by atoms with Gasteiger partial charge in [-0.15, -0.1) is 0 Å². The molecule has 1 fully saturated rings. The number of benzene rings is 1. The van der Waals surface area contributed by atoms with Crippen molar-refractivity contribution in [3.8, 4) is 0 Å². The number of nitrogens with two attached hydrogens (primary N) is 3. The Balaban J connectivity index is 2.30. The number of carbonyl (C=O) groups is 4. The van der Waals surface area contributed by atoms with Gasteiger partial charge in [-0.3, -0.25) is 24.2 Å². The van der Waals surface area contributed by atoms with E-state index in [4.69, 9.17) is 17.2 Å². The molecule has 1 saturated heterocycles. The fraction of sp³-hybridized carbons (Fsp3) is 0.560. The van der Waals surface area contributed by atoms with E-state index < -0.39 is 41.4 Å². The molecule has 0 radical (unpaired) electrons. The van der Waals surface area contributed by atoms with Crippen molar-refractivity contribution < 1.29 is 19.2 Å². The van der Waals surface area contributed by atoms with Gasteiger partial charge in [0.2, 0.25) is 23.6 Å². The van der Waals surface area contributed by atoms with E-state index in [1.165, 1.54) is 0 Å². The SMILES string of the molecule is CC[C@@H]1NC(=O)[C@H](CCCN=C(N)N)NC(=O)[C@](C)(N)CCCCNC(=O)[C@@H](c2ccccc2)NC1=O. The molecule has 0 bridgehead atoms. The average molecular weight is 517 g/mol. The third kappa shape index (κ3) is 9.37. The van der Waals surface area contributed by atoms with Crippen LogP contribution in [0.5, 0.6) is 0 Å². The zero-order valence-electron chi connectivity index (χ0n) is 21.6. The molecule has 2 rings (SSSR count). The van der Waals surface area contributed by atoms with Crippen LogP contribution in [0.3, 0.4) is 0 Å². The van der Waals surface area contributed by atoms with Crippen LogP contribution in [-0.4, -0.2) is 60.3 Å². The van der Waals surface area contributed by atoms with Crippen molar-refractivity contribution in [2.75, 3.05) is 13.1 Å². The van der Waals surface area contributed by atoms with Crippen molar-refractivity contribution in [2.24, 2.45) is 22.2 Å². The molecule has 0 spiro atoms. The first kappa shape index (κ1) is 29.6. The van der Waals surface area contributed by atoms with Crippen molar-refractivity contribution in [3.05, 3.63) is 35.9 Å². The lowest BCUT2D eigenvalue weighted by Crippen LogP contribution is -2.59. The summed E-state index contributed by atoms with van der Waals surface area (Å²) < 4.78 is 0. The van der Waals surface area contributed by atoms with Crippen molar-refractivity contribution in [1.82, 2.24) is 21.3 Å². The molecule has 1 heterocycles. The van der Waals surface area contributed by atoms with Gasteiger partial charge in [-0.1, -0.05) is 37.3 Å². The van der Waals surface area contributed by atoms with Gasteiger partial charge in [0.05, 0.1) is 5.54 Å². The monoisotopic (exact) mass is 516 g/mol. The minimum absolute atomic E-state index is 0.0688. The summed E-state index contributed by atoms with van der Waals surface area (Å²) in [5.74, 6) is -1.96. The van der Waals surface area contributed by atoms with Crippen molar-refractivity contribution in [3.63, 3.8) is 0 Å². The van der Waals surface area contributed by atoms with Gasteiger partial charge in [-0.05, 0) is 51.0 Å². The first-order valence-corrected chi connectivity index (χ1v) is 12.6. The topological polar surface area (TPSA) is 207 Å². The van der Waals surface area contributed by atoms with Crippen LogP contribution in [-0.2, 0) is 19.2 Å². The van der Waals surface area contributed by atoms with Crippen molar-refractivity contribution in [1.29, 1.82) is 0 Å². The Hall–Kier alpha value is -3.67. The Labute approximate surface area is 217 Å². The highest BCUT2D eigenvalue weighted by Gasteiger charge is 2.33. The number of amides is 4. The predicted molar refractivity (Wildman–Crippen MR) is 141 cm³/mol. The van der Waals surface area contributed by atoms with Crippen LogP contribution in [0.2, 0.25) is 0 Å². The second kappa shape index (κ2) is 14.2. The molecular formula is C25H40N8O4. The Morgan fingerprint density at radius 3 is 2.30 bits per heavy atom. The smallest absolute Gasteiger partial charge is 0.247 e. The van der Waals surface area contributed by atoms with Crippen LogP contribution in [0.15, 0.2) is 35.3 Å². The third-order valence-corrected chi connectivity index (χ3v) is 6.23. The second-order valence-electron chi connectivity index (χ2n) is 9.46. The highest BCUT2D eigenvalue weighted by molar-refractivity contribution is 5.95. The molecule has 0 unspecified atom stereocenters. The summed E-state index contributed by atoms with van der Waals surface area (Å²) in [4.78, 5) is 56.3. The van der Waals surface area contributed by atoms with Crippen LogP contribution in [0, 0.1) is 0 Å². The highest BCUT2D eigenvalue weighted by Crippen LogP contribution is 2.16. The number of guanidine groups is 1. The third-order valence-electron chi connectivity index (χ3n) is 6.23. The molecule has 12 nitrogen and oxygen atoms in total. The molecule has 0 saturated carbocycles. The van der Waals surface area contributed by atoms with Crippen molar-refractivity contribution in [2.45, 2.75) is 76.0 Å². The summed E-state index contributed by atoms with van der Waals surface area (Å²) in [6, 6.07) is 6.08. The Morgan fingerprint density at radius 1 is 0.973 bits per heavy atom. The number of hydrogen-bond donors (Lipinski definition) is 7. The largest absolute Gasteiger partial charge is 0.370 e. The summed E-state index contributed by atoms with van der Waals surface area (Å²) >= 11 is 0. The quantitative estimate of drug-likeness (QED) is 0.147. The van der Waals surface area contributed by atoms with Gasteiger partial charge < -0.3 is 38.5 Å². The van der Waals surface area contributed by atoms with Gasteiger partial charge in [-0.2, -0.15) is 0 Å². The Morgan fingerprint density at radius 2 is 1.65 bits per heavy atom. The van der Waals surface area contributed by atoms with Gasteiger partial charge in [0.1, 0.15) is 18.1 Å². The van der Waals surface area contributed by atoms with E-state index in [0.29, 0.717) is 37.8 Å². The number of carbonyl (C=O) groups excluding carboxylic acids is 4. The molecule has 1 aromatic carbocycles. The van der Waals surface area contributed by atoms with Crippen LogP contribution in [0.4, 0.5) is 0 Å². The summed E-state index contributed by atoms with van der Waals surface area (Å²) in [6.45, 7) is 3.97. The predicted octanol–water partition coefficient (Wildman–Crippen LogP) is -0.705. The summed E-state index contributed by atoms with van der Waals surface area (Å²) in [5.41, 5.74) is 16.4. The highest BCUT2D eigenvalue weighted by atomic mass is 16.2. The fourth-order valence-electron chi connectivity index (χ4n) is 3.95. The molecule has 1 aliphatic heterocycles. The molecule has 12 heteroatoms. The molecule has 10 N–H and O–H groups in total. The molecule has 0 aromatic heterocycles. The van der Waals surface area contributed by atoms with Crippen LogP contribution >= 0.6 is 0 Å². The van der Waals surface area contributed by atoms with E-state index in [-0.39, 0.29) is 31.3 Å². The number of hydrogen-bond acceptors (Lipinski definition) is 6. The maximum atomic E-state index is 13.2. The maximum absolute atomic E-state index is 13.2. The van der Waals surface area contributed by atoms with Crippen LogP contribution in [0.25, 0.3) is 0 Å². The van der Waals surface area contributed by atoms with E-state index in [1.807, 2.05) is 6.07 Å². The lowest BCUT2D eigenvalue weighted by atomic mass is 9.94. The Bertz CT molecular complexity index is 963. The lowest BCUT2D eigenvalue weighted by Gasteiger charge is -2.29. The standard InChI is InChI=1S/C25H40N8O4/c1-3-17-20(34)33-19(16-10-5-4-6-11-16)22(36)29-14-8-7-13-25(2,28)23(37)32-18(21(35)31-17)12-9-15-30-24(26)27/h4-6,10-11,17-19H,3,7-9,12-15,28H2,1-2H3,(H,29,36)(H,31,35)(H,32,37)(H,33,34)(H4,26,27,30)/t17-,18-,19+,25+/m0/s1. The lowest BCUT2D eigenvalue weighted by molar-refractivity contribution is -0.135. The zero-order chi connectivity index (χ0) is 27.4. The average Bonchev–Trinajstić information content (AvgIpc) is 2.86. The van der Waals surface area contributed by atoms with Gasteiger partial charge in [0, 0.05) is 13.1 Å².